The van der Waals surface area contributed by atoms with Crippen LogP contribution in [0.2, 0.25) is 0 Å². The predicted molar refractivity (Wildman–Crippen MR) is 93.0 cm³/mol. The minimum atomic E-state index is -0.507. The molecule has 0 bridgehead atoms. The van der Waals surface area contributed by atoms with Crippen LogP contribution in [0.25, 0.3) is 0 Å². The molecule has 23 heavy (non-hydrogen) atoms. The summed E-state index contributed by atoms with van der Waals surface area (Å²) in [7, 11) is 0. The Labute approximate surface area is 138 Å². The Kier molecular flexibility index (Phi) is 5.52. The molecule has 0 saturated carbocycles. The average molecular weight is 320 g/mol. The molecule has 2 rings (SSSR count). The second-order valence-corrected chi connectivity index (χ2v) is 7.21. The van der Waals surface area contributed by atoms with Crippen molar-refractivity contribution in [3.63, 3.8) is 0 Å². The first kappa shape index (κ1) is 17.6. The topological polar surface area (TPSA) is 59.6 Å². The predicted octanol–water partition coefficient (Wildman–Crippen LogP) is 4.18. The molecule has 0 aliphatic carbocycles. The molecule has 2 unspecified atom stereocenters. The molecule has 5 heteroatoms. The minimum absolute atomic E-state index is 0.327. The monoisotopic (exact) mass is 320 g/mol. The molecule has 1 heterocycles. The summed E-state index contributed by atoms with van der Waals surface area (Å²) in [6.45, 7) is 11.4. The summed E-state index contributed by atoms with van der Waals surface area (Å²) < 4.78 is 10.7. The molecule has 128 valence electrons. The van der Waals surface area contributed by atoms with Gasteiger partial charge in [-0.2, -0.15) is 0 Å². The Morgan fingerprint density at radius 1 is 1.39 bits per heavy atom. The molecular weight excluding hydrogens is 292 g/mol. The lowest BCUT2D eigenvalue weighted by Crippen LogP contribution is -2.28. The first-order valence-electron chi connectivity index (χ1n) is 8.19. The van der Waals surface area contributed by atoms with Crippen LogP contribution in [0.4, 0.5) is 16.2 Å². The highest BCUT2D eigenvalue weighted by atomic mass is 16.6. The molecular formula is C18H28N2O3. The Bertz CT molecular complexity index is 546. The second kappa shape index (κ2) is 7.21. The van der Waals surface area contributed by atoms with Gasteiger partial charge in [-0.25, -0.2) is 4.79 Å². The van der Waals surface area contributed by atoms with Crippen LogP contribution in [0.3, 0.4) is 0 Å². The number of amides is 1. The van der Waals surface area contributed by atoms with E-state index in [9.17, 15) is 4.79 Å². The highest BCUT2D eigenvalue weighted by Gasteiger charge is 2.22. The summed E-state index contributed by atoms with van der Waals surface area (Å²) in [5.41, 5.74) is 2.39. The molecule has 1 aliphatic rings. The Morgan fingerprint density at radius 3 is 2.74 bits per heavy atom. The average Bonchev–Trinajstić information content (AvgIpc) is 2.94. The summed E-state index contributed by atoms with van der Waals surface area (Å²) in [6, 6.07) is 6.15. The third kappa shape index (κ3) is 5.43. The molecule has 0 spiro atoms. The number of nitrogens with one attached hydrogen (secondary N) is 2. The van der Waals surface area contributed by atoms with Crippen molar-refractivity contribution in [2.75, 3.05) is 23.8 Å². The molecule has 0 aromatic heterocycles. The van der Waals surface area contributed by atoms with Crippen LogP contribution in [-0.2, 0) is 9.47 Å². The Morgan fingerprint density at radius 2 is 2.13 bits per heavy atom. The first-order chi connectivity index (χ1) is 10.7. The third-order valence-electron chi connectivity index (χ3n) is 3.94. The first-order valence-corrected chi connectivity index (χ1v) is 8.19. The smallest absolute Gasteiger partial charge is 0.412 e. The number of hydrogen-bond acceptors (Lipinski definition) is 4. The van der Waals surface area contributed by atoms with Gasteiger partial charge >= 0.3 is 6.09 Å². The van der Waals surface area contributed by atoms with E-state index in [1.54, 1.807) is 0 Å². The van der Waals surface area contributed by atoms with Crippen molar-refractivity contribution in [2.24, 2.45) is 5.92 Å². The van der Waals surface area contributed by atoms with Gasteiger partial charge in [0.05, 0.1) is 6.61 Å². The van der Waals surface area contributed by atoms with Gasteiger partial charge in [-0.15, -0.1) is 0 Å². The van der Waals surface area contributed by atoms with Crippen molar-refractivity contribution in [1.82, 2.24) is 0 Å². The van der Waals surface area contributed by atoms with Gasteiger partial charge in [0.25, 0.3) is 0 Å². The molecule has 1 aromatic rings. The van der Waals surface area contributed by atoms with Crippen molar-refractivity contribution in [3.05, 3.63) is 23.8 Å². The Hall–Kier alpha value is -1.75. The van der Waals surface area contributed by atoms with Gasteiger partial charge in [-0.3, -0.25) is 5.32 Å². The van der Waals surface area contributed by atoms with Crippen molar-refractivity contribution in [1.29, 1.82) is 0 Å². The summed E-state index contributed by atoms with van der Waals surface area (Å²) in [4.78, 5) is 11.9. The quantitative estimate of drug-likeness (QED) is 0.874. The Balaban J connectivity index is 2.02. The number of hydrogen-bond donors (Lipinski definition) is 2. The van der Waals surface area contributed by atoms with E-state index in [0.717, 1.165) is 36.6 Å². The lowest BCUT2D eigenvalue weighted by Gasteiger charge is -2.23. The molecule has 1 aromatic carbocycles. The fourth-order valence-corrected chi connectivity index (χ4v) is 2.59. The number of rotatable bonds is 4. The van der Waals surface area contributed by atoms with Crippen molar-refractivity contribution in [2.45, 2.75) is 52.7 Å². The van der Waals surface area contributed by atoms with Gasteiger partial charge in [-0.05, 0) is 58.7 Å². The van der Waals surface area contributed by atoms with E-state index in [4.69, 9.17) is 9.47 Å². The fourth-order valence-electron chi connectivity index (χ4n) is 2.59. The molecule has 1 saturated heterocycles. The van der Waals surface area contributed by atoms with Gasteiger partial charge in [0.1, 0.15) is 5.60 Å². The molecule has 0 radical (unpaired) electrons. The van der Waals surface area contributed by atoms with E-state index in [0.29, 0.717) is 12.0 Å². The van der Waals surface area contributed by atoms with Crippen molar-refractivity contribution in [3.8, 4) is 0 Å². The largest absolute Gasteiger partial charge is 0.444 e. The number of anilines is 2. The van der Waals surface area contributed by atoms with E-state index < -0.39 is 11.7 Å². The number of benzene rings is 1. The molecule has 2 N–H and O–H groups in total. The van der Waals surface area contributed by atoms with E-state index in [1.165, 1.54) is 0 Å². The van der Waals surface area contributed by atoms with Gasteiger partial charge in [-0.1, -0.05) is 6.07 Å². The molecule has 1 fully saturated rings. The zero-order chi connectivity index (χ0) is 17.0. The van der Waals surface area contributed by atoms with Crippen molar-refractivity contribution >= 4 is 17.5 Å². The molecule has 2 atom stereocenters. The maximum Gasteiger partial charge on any atom is 0.412 e. The fraction of sp³-hybridized carbons (Fsp3) is 0.611. The van der Waals surface area contributed by atoms with Gasteiger partial charge in [0.15, 0.2) is 0 Å². The third-order valence-corrected chi connectivity index (χ3v) is 3.94. The van der Waals surface area contributed by atoms with Gasteiger partial charge < -0.3 is 14.8 Å². The van der Waals surface area contributed by atoms with Crippen LogP contribution in [0.5, 0.6) is 0 Å². The lowest BCUT2D eigenvalue weighted by molar-refractivity contribution is 0.0636. The van der Waals surface area contributed by atoms with E-state index in [-0.39, 0.29) is 0 Å². The molecule has 1 aliphatic heterocycles. The molecule has 5 nitrogen and oxygen atoms in total. The standard InChI is InChI=1S/C18H28N2O3/c1-12-6-7-15(20-17(21)23-18(3,4)5)10-16(12)19-13(2)14-8-9-22-11-14/h6-7,10,13-14,19H,8-9,11H2,1-5H3,(H,20,21). The number of ether oxygens (including phenoxy) is 2. The SMILES string of the molecule is Cc1ccc(NC(=O)OC(C)(C)C)cc1NC(C)C1CCOC1. The van der Waals surface area contributed by atoms with E-state index in [2.05, 4.69) is 24.5 Å². The van der Waals surface area contributed by atoms with E-state index >= 15 is 0 Å². The van der Waals surface area contributed by atoms with E-state index in [1.807, 2.05) is 39.0 Å². The van der Waals surface area contributed by atoms with Crippen molar-refractivity contribution < 1.29 is 14.3 Å². The number of aryl methyl sites for hydroxylation is 1. The number of carbonyl (C=O) groups excluding carboxylic acids is 1. The summed E-state index contributed by atoms with van der Waals surface area (Å²) >= 11 is 0. The normalized spacial score (nSPS) is 19.3. The highest BCUT2D eigenvalue weighted by molar-refractivity contribution is 5.86. The van der Waals surface area contributed by atoms with Gasteiger partial charge in [0, 0.05) is 29.9 Å². The highest BCUT2D eigenvalue weighted by Crippen LogP contribution is 2.25. The van der Waals surface area contributed by atoms with Crippen LogP contribution in [0.15, 0.2) is 18.2 Å². The zero-order valence-electron chi connectivity index (χ0n) is 14.7. The zero-order valence-corrected chi connectivity index (χ0v) is 14.7. The summed E-state index contributed by atoms with van der Waals surface area (Å²) in [5, 5.41) is 6.32. The van der Waals surface area contributed by atoms with Gasteiger partial charge in [0.2, 0.25) is 0 Å². The van der Waals surface area contributed by atoms with Crippen LogP contribution in [-0.4, -0.2) is 30.9 Å². The maximum absolute atomic E-state index is 11.9. The van der Waals surface area contributed by atoms with Crippen LogP contribution in [0.1, 0.15) is 39.7 Å². The maximum atomic E-state index is 11.9. The van der Waals surface area contributed by atoms with Crippen LogP contribution >= 0.6 is 0 Å². The number of carbonyl (C=O) groups is 1. The summed E-state index contributed by atoms with van der Waals surface area (Å²) in [5.74, 6) is 0.525. The minimum Gasteiger partial charge on any atom is -0.444 e. The molecule has 1 amide bonds. The second-order valence-electron chi connectivity index (χ2n) is 7.21. The summed E-state index contributed by atoms with van der Waals surface area (Å²) in [6.07, 6.45) is 0.646. The van der Waals surface area contributed by atoms with Crippen LogP contribution < -0.4 is 10.6 Å². The van der Waals surface area contributed by atoms with Crippen LogP contribution in [0, 0.1) is 12.8 Å². The lowest BCUT2D eigenvalue weighted by atomic mass is 10.00.